The first-order chi connectivity index (χ1) is 11.7. The normalized spacial score (nSPS) is 19.2. The van der Waals surface area contributed by atoms with Crippen LogP contribution < -0.4 is 4.90 Å². The van der Waals surface area contributed by atoms with Crippen LogP contribution in [0, 0.1) is 0 Å². The minimum atomic E-state index is 0.0750. The smallest absolute Gasteiger partial charge is 0.270 e. The lowest BCUT2D eigenvalue weighted by molar-refractivity contribution is 0.0656. The zero-order chi connectivity index (χ0) is 16.5. The molecule has 8 heteroatoms. The number of hydrogen-bond acceptors (Lipinski definition) is 6. The van der Waals surface area contributed by atoms with E-state index in [1.54, 1.807) is 11.3 Å². The standard InChI is InChI=1S/C16H22N6OS/c1-19-9-11-20(12-10-19)14(23)13-5-4-8-22(13)16-18-17-15(24-16)21-6-2-3-7-21/h4-5,8H,2-3,6-7,9-12H2,1H3. The van der Waals surface area contributed by atoms with Crippen LogP contribution in [0.2, 0.25) is 0 Å². The summed E-state index contributed by atoms with van der Waals surface area (Å²) in [5.41, 5.74) is 0.670. The van der Waals surface area contributed by atoms with Crippen LogP contribution in [0.5, 0.6) is 0 Å². The average Bonchev–Trinajstić information content (AvgIpc) is 3.33. The molecule has 2 aliphatic rings. The number of hydrogen-bond donors (Lipinski definition) is 0. The number of nitrogens with zero attached hydrogens (tertiary/aromatic N) is 6. The van der Waals surface area contributed by atoms with Crippen LogP contribution in [-0.2, 0) is 0 Å². The Morgan fingerprint density at radius 3 is 2.50 bits per heavy atom. The lowest BCUT2D eigenvalue weighted by atomic mass is 10.3. The van der Waals surface area contributed by atoms with Crippen molar-refractivity contribution >= 4 is 22.4 Å². The molecule has 4 heterocycles. The zero-order valence-electron chi connectivity index (χ0n) is 13.9. The SMILES string of the molecule is CN1CCN(C(=O)c2cccn2-c2nnc(N3CCCC3)s2)CC1. The van der Waals surface area contributed by atoms with Gasteiger partial charge < -0.3 is 14.7 Å². The third kappa shape index (κ3) is 2.91. The Balaban J connectivity index is 1.55. The van der Waals surface area contributed by atoms with Gasteiger partial charge in [0.25, 0.3) is 5.91 Å². The van der Waals surface area contributed by atoms with Crippen LogP contribution >= 0.6 is 11.3 Å². The van der Waals surface area contributed by atoms with E-state index in [-0.39, 0.29) is 5.91 Å². The van der Waals surface area contributed by atoms with Gasteiger partial charge in [0.1, 0.15) is 5.69 Å². The number of anilines is 1. The quantitative estimate of drug-likeness (QED) is 0.839. The fourth-order valence-corrected chi connectivity index (χ4v) is 4.13. The first-order valence-electron chi connectivity index (χ1n) is 8.46. The number of piperazine rings is 1. The molecule has 0 radical (unpaired) electrons. The van der Waals surface area contributed by atoms with Gasteiger partial charge in [0.05, 0.1) is 0 Å². The van der Waals surface area contributed by atoms with Gasteiger partial charge in [-0.1, -0.05) is 11.3 Å². The summed E-state index contributed by atoms with van der Waals surface area (Å²) in [5, 5.41) is 10.3. The van der Waals surface area contributed by atoms with Gasteiger partial charge in [-0.2, -0.15) is 0 Å². The first-order valence-corrected chi connectivity index (χ1v) is 9.28. The van der Waals surface area contributed by atoms with Crippen LogP contribution in [0.25, 0.3) is 5.13 Å². The highest BCUT2D eigenvalue weighted by molar-refractivity contribution is 7.17. The van der Waals surface area contributed by atoms with Crippen molar-refractivity contribution in [3.8, 4) is 5.13 Å². The van der Waals surface area contributed by atoms with Crippen LogP contribution in [0.3, 0.4) is 0 Å². The molecule has 0 aliphatic carbocycles. The highest BCUT2D eigenvalue weighted by Crippen LogP contribution is 2.27. The molecule has 7 nitrogen and oxygen atoms in total. The third-order valence-electron chi connectivity index (χ3n) is 4.74. The van der Waals surface area contributed by atoms with Crippen molar-refractivity contribution in [1.82, 2.24) is 24.6 Å². The second-order valence-corrected chi connectivity index (χ2v) is 7.35. The second-order valence-electron chi connectivity index (χ2n) is 6.42. The molecular formula is C16H22N6OS. The van der Waals surface area contributed by atoms with E-state index in [2.05, 4.69) is 27.0 Å². The maximum atomic E-state index is 12.9. The van der Waals surface area contributed by atoms with Crippen molar-refractivity contribution in [2.45, 2.75) is 12.8 Å². The summed E-state index contributed by atoms with van der Waals surface area (Å²) >= 11 is 1.55. The number of amides is 1. The molecule has 0 spiro atoms. The fraction of sp³-hybridized carbons (Fsp3) is 0.562. The molecular weight excluding hydrogens is 324 g/mol. The predicted octanol–water partition coefficient (Wildman–Crippen LogP) is 1.32. The fourth-order valence-electron chi connectivity index (χ4n) is 3.24. The van der Waals surface area contributed by atoms with Gasteiger partial charge in [-0.15, -0.1) is 10.2 Å². The number of likely N-dealkylation sites (N-methyl/N-ethyl adjacent to an activating group) is 1. The molecule has 0 N–H and O–H groups in total. The van der Waals surface area contributed by atoms with E-state index in [9.17, 15) is 4.79 Å². The van der Waals surface area contributed by atoms with E-state index >= 15 is 0 Å². The summed E-state index contributed by atoms with van der Waals surface area (Å²) in [7, 11) is 2.09. The first kappa shape index (κ1) is 15.6. The Kier molecular flexibility index (Phi) is 4.24. The summed E-state index contributed by atoms with van der Waals surface area (Å²) in [5.74, 6) is 0.0750. The largest absolute Gasteiger partial charge is 0.347 e. The highest BCUT2D eigenvalue weighted by atomic mass is 32.1. The molecule has 2 aromatic rings. The van der Waals surface area contributed by atoms with Gasteiger partial charge in [0.2, 0.25) is 10.3 Å². The van der Waals surface area contributed by atoms with Gasteiger partial charge in [0.15, 0.2) is 0 Å². The Morgan fingerprint density at radius 2 is 1.75 bits per heavy atom. The molecule has 0 bridgehead atoms. The second kappa shape index (κ2) is 6.52. The molecule has 128 valence electrons. The van der Waals surface area contributed by atoms with Crippen molar-refractivity contribution in [3.63, 3.8) is 0 Å². The van der Waals surface area contributed by atoms with E-state index < -0.39 is 0 Å². The molecule has 24 heavy (non-hydrogen) atoms. The number of carbonyl (C=O) groups is 1. The summed E-state index contributed by atoms with van der Waals surface area (Å²) in [4.78, 5) is 19.3. The molecule has 0 saturated carbocycles. The predicted molar refractivity (Wildman–Crippen MR) is 94.1 cm³/mol. The van der Waals surface area contributed by atoms with Crippen molar-refractivity contribution in [3.05, 3.63) is 24.0 Å². The van der Waals surface area contributed by atoms with Crippen molar-refractivity contribution in [2.24, 2.45) is 0 Å². The van der Waals surface area contributed by atoms with Gasteiger partial charge >= 0.3 is 0 Å². The molecule has 0 aromatic carbocycles. The average molecular weight is 346 g/mol. The molecule has 2 fully saturated rings. The van der Waals surface area contributed by atoms with E-state index in [1.165, 1.54) is 12.8 Å². The van der Waals surface area contributed by atoms with Gasteiger partial charge in [0, 0.05) is 45.5 Å². The number of rotatable bonds is 3. The molecule has 2 aromatic heterocycles. The van der Waals surface area contributed by atoms with E-state index in [1.807, 2.05) is 27.8 Å². The summed E-state index contributed by atoms with van der Waals surface area (Å²) in [6, 6.07) is 3.78. The lowest BCUT2D eigenvalue weighted by Crippen LogP contribution is -2.47. The lowest BCUT2D eigenvalue weighted by Gasteiger charge is -2.32. The minimum absolute atomic E-state index is 0.0750. The van der Waals surface area contributed by atoms with Crippen LogP contribution in [0.15, 0.2) is 18.3 Å². The van der Waals surface area contributed by atoms with Gasteiger partial charge in [-0.05, 0) is 32.0 Å². The van der Waals surface area contributed by atoms with Crippen molar-refractivity contribution in [1.29, 1.82) is 0 Å². The summed E-state index contributed by atoms with van der Waals surface area (Å²) in [6.45, 7) is 5.49. The minimum Gasteiger partial charge on any atom is -0.347 e. The highest BCUT2D eigenvalue weighted by Gasteiger charge is 2.24. The molecule has 0 unspecified atom stereocenters. The molecule has 2 saturated heterocycles. The molecule has 2 aliphatic heterocycles. The van der Waals surface area contributed by atoms with Crippen LogP contribution in [-0.4, -0.2) is 76.8 Å². The zero-order valence-corrected chi connectivity index (χ0v) is 14.7. The monoisotopic (exact) mass is 346 g/mol. The van der Waals surface area contributed by atoms with Crippen molar-refractivity contribution < 1.29 is 4.79 Å². The Morgan fingerprint density at radius 1 is 1.04 bits per heavy atom. The van der Waals surface area contributed by atoms with Crippen LogP contribution in [0.1, 0.15) is 23.3 Å². The van der Waals surface area contributed by atoms with E-state index in [4.69, 9.17) is 0 Å². The topological polar surface area (TPSA) is 57.5 Å². The Bertz CT molecular complexity index is 712. The molecule has 1 amide bonds. The third-order valence-corrected chi connectivity index (χ3v) is 5.73. The van der Waals surface area contributed by atoms with E-state index in [0.29, 0.717) is 5.69 Å². The summed E-state index contributed by atoms with van der Waals surface area (Å²) in [6.07, 6.45) is 4.33. The van der Waals surface area contributed by atoms with E-state index in [0.717, 1.165) is 49.5 Å². The number of aromatic nitrogens is 3. The Labute approximate surface area is 145 Å². The van der Waals surface area contributed by atoms with Crippen molar-refractivity contribution in [2.75, 3.05) is 51.2 Å². The number of carbonyl (C=O) groups excluding carboxylic acids is 1. The van der Waals surface area contributed by atoms with Gasteiger partial charge in [-0.3, -0.25) is 9.36 Å². The maximum Gasteiger partial charge on any atom is 0.270 e. The maximum absolute atomic E-state index is 12.9. The molecule has 0 atom stereocenters. The summed E-state index contributed by atoms with van der Waals surface area (Å²) < 4.78 is 1.87. The van der Waals surface area contributed by atoms with Crippen LogP contribution in [0.4, 0.5) is 5.13 Å². The molecule has 4 rings (SSSR count). The Hall–Kier alpha value is -1.93. The van der Waals surface area contributed by atoms with Gasteiger partial charge in [-0.25, -0.2) is 0 Å².